The third kappa shape index (κ3) is 44.7. The number of aliphatic hydroxyl groups is 2. The quantitative estimate of drug-likeness (QED) is 0.0322. The molecule has 3 N–H and O–H groups in total. The van der Waals surface area contributed by atoms with Crippen LogP contribution in [-0.4, -0.2) is 46.9 Å². The second kappa shape index (κ2) is 49.4. The van der Waals surface area contributed by atoms with E-state index in [4.69, 9.17) is 4.74 Å². The zero-order valence-electron chi connectivity index (χ0n) is 41.1. The molecule has 0 aliphatic carbocycles. The number of allylic oxidation sites excluding steroid dienone is 4. The lowest BCUT2D eigenvalue weighted by Gasteiger charge is -2.24. The molecule has 0 heterocycles. The van der Waals surface area contributed by atoms with Crippen molar-refractivity contribution in [3.05, 3.63) is 24.3 Å². The van der Waals surface area contributed by atoms with E-state index in [2.05, 4.69) is 50.4 Å². The molecule has 0 bridgehead atoms. The number of hydrogen-bond donors (Lipinski definition) is 3. The van der Waals surface area contributed by atoms with Crippen molar-refractivity contribution in [3.63, 3.8) is 0 Å². The highest BCUT2D eigenvalue weighted by molar-refractivity contribution is 5.77. The smallest absolute Gasteiger partial charge is 0.306 e. The molecule has 0 spiro atoms. The lowest BCUT2D eigenvalue weighted by atomic mass is 10.0. The molecule has 0 rings (SSSR count). The van der Waals surface area contributed by atoms with Crippen LogP contribution in [0.5, 0.6) is 0 Å². The number of aliphatic hydroxyl groups excluding tert-OH is 2. The van der Waals surface area contributed by atoms with Gasteiger partial charge in [0, 0.05) is 6.42 Å². The predicted octanol–water partition coefficient (Wildman–Crippen LogP) is 16.3. The Kier molecular flexibility index (Phi) is 48.0. The highest BCUT2D eigenvalue weighted by Gasteiger charge is 2.24. The Morgan fingerprint density at radius 2 is 0.787 bits per heavy atom. The second-order valence-corrected chi connectivity index (χ2v) is 18.6. The molecule has 6 heteroatoms. The summed E-state index contributed by atoms with van der Waals surface area (Å²) >= 11 is 0. The molecular formula is C55H105NO5. The molecule has 0 saturated carbocycles. The van der Waals surface area contributed by atoms with Gasteiger partial charge in [0.2, 0.25) is 5.91 Å². The van der Waals surface area contributed by atoms with Gasteiger partial charge >= 0.3 is 5.97 Å². The molecule has 1 amide bonds. The molecule has 0 aromatic rings. The van der Waals surface area contributed by atoms with E-state index in [1.54, 1.807) is 0 Å². The lowest BCUT2D eigenvalue weighted by Crippen LogP contribution is -2.46. The first-order valence-electron chi connectivity index (χ1n) is 27.1. The van der Waals surface area contributed by atoms with Crippen LogP contribution < -0.4 is 5.32 Å². The third-order valence-electron chi connectivity index (χ3n) is 12.5. The molecule has 61 heavy (non-hydrogen) atoms. The minimum atomic E-state index is -0.788. The van der Waals surface area contributed by atoms with Gasteiger partial charge in [0.15, 0.2) is 0 Å². The van der Waals surface area contributed by atoms with Gasteiger partial charge in [-0.25, -0.2) is 0 Å². The maximum Gasteiger partial charge on any atom is 0.306 e. The standard InChI is InChI=1S/C55H105NO5/c1-4-7-10-13-16-19-22-24-25-26-27-28-29-31-33-36-39-42-45-48-55(60)61-51(46-43-40-37-34-21-18-15-12-9-6-3)49-54(59)56-52(50-57)53(58)47-44-41-38-35-32-30-23-20-17-14-11-8-5-2/h18,21,24-25,51-53,57-58H,4-17,19-20,22-23,26-50H2,1-3H3,(H,56,59)/b21-18-,25-24+. The summed E-state index contributed by atoms with van der Waals surface area (Å²) in [6, 6.07) is -0.702. The van der Waals surface area contributed by atoms with Gasteiger partial charge in [-0.05, 0) is 77.0 Å². The molecule has 6 nitrogen and oxygen atoms in total. The van der Waals surface area contributed by atoms with Crippen LogP contribution in [-0.2, 0) is 14.3 Å². The molecule has 0 fully saturated rings. The number of nitrogens with one attached hydrogen (secondary N) is 1. The normalized spacial score (nSPS) is 13.3. The monoisotopic (exact) mass is 860 g/mol. The maximum absolute atomic E-state index is 13.2. The number of hydrogen-bond acceptors (Lipinski definition) is 5. The van der Waals surface area contributed by atoms with Gasteiger partial charge in [-0.15, -0.1) is 0 Å². The molecule has 0 aliphatic rings. The zero-order chi connectivity index (χ0) is 44.5. The Hall–Kier alpha value is -1.66. The highest BCUT2D eigenvalue weighted by Crippen LogP contribution is 2.18. The first-order chi connectivity index (χ1) is 30.0. The number of carbonyl (C=O) groups is 2. The van der Waals surface area contributed by atoms with Crippen molar-refractivity contribution < 1.29 is 24.5 Å². The van der Waals surface area contributed by atoms with Crippen LogP contribution in [0.15, 0.2) is 24.3 Å². The van der Waals surface area contributed by atoms with Crippen LogP contribution in [0.2, 0.25) is 0 Å². The minimum Gasteiger partial charge on any atom is -0.462 e. The average molecular weight is 860 g/mol. The number of unbranched alkanes of at least 4 members (excludes halogenated alkanes) is 33. The number of ether oxygens (including phenoxy) is 1. The van der Waals surface area contributed by atoms with Gasteiger partial charge in [0.25, 0.3) is 0 Å². The van der Waals surface area contributed by atoms with Crippen LogP contribution in [0, 0.1) is 0 Å². The number of esters is 1. The molecule has 0 saturated heterocycles. The van der Waals surface area contributed by atoms with Gasteiger partial charge in [0.1, 0.15) is 6.10 Å². The van der Waals surface area contributed by atoms with Crippen molar-refractivity contribution in [2.45, 2.75) is 309 Å². The fourth-order valence-corrected chi connectivity index (χ4v) is 8.36. The number of rotatable bonds is 49. The molecule has 0 radical (unpaired) electrons. The zero-order valence-corrected chi connectivity index (χ0v) is 41.1. The molecular weight excluding hydrogens is 755 g/mol. The molecule has 3 atom stereocenters. The Balaban J connectivity index is 4.43. The van der Waals surface area contributed by atoms with Gasteiger partial charge in [0.05, 0.1) is 25.2 Å². The van der Waals surface area contributed by atoms with Crippen LogP contribution in [0.4, 0.5) is 0 Å². The molecule has 0 aromatic carbocycles. The van der Waals surface area contributed by atoms with Crippen molar-refractivity contribution in [2.24, 2.45) is 0 Å². The summed E-state index contributed by atoms with van der Waals surface area (Å²) in [5.74, 6) is -0.480. The predicted molar refractivity (Wildman–Crippen MR) is 264 cm³/mol. The summed E-state index contributed by atoms with van der Waals surface area (Å²) in [6.07, 6.45) is 56.7. The van der Waals surface area contributed by atoms with Crippen LogP contribution in [0.3, 0.4) is 0 Å². The lowest BCUT2D eigenvalue weighted by molar-refractivity contribution is -0.151. The van der Waals surface area contributed by atoms with E-state index in [9.17, 15) is 19.8 Å². The number of carbonyl (C=O) groups excluding carboxylic acids is 2. The average Bonchev–Trinajstić information content (AvgIpc) is 3.25. The van der Waals surface area contributed by atoms with Crippen molar-refractivity contribution in [1.82, 2.24) is 5.32 Å². The fourth-order valence-electron chi connectivity index (χ4n) is 8.36. The fraction of sp³-hybridized carbons (Fsp3) is 0.891. The summed E-state index contributed by atoms with van der Waals surface area (Å²) in [4.78, 5) is 26.1. The first-order valence-corrected chi connectivity index (χ1v) is 27.1. The van der Waals surface area contributed by atoms with E-state index in [0.717, 1.165) is 64.2 Å². The van der Waals surface area contributed by atoms with E-state index >= 15 is 0 Å². The van der Waals surface area contributed by atoms with E-state index < -0.39 is 18.2 Å². The van der Waals surface area contributed by atoms with Crippen LogP contribution >= 0.6 is 0 Å². The van der Waals surface area contributed by atoms with Crippen molar-refractivity contribution in [1.29, 1.82) is 0 Å². The van der Waals surface area contributed by atoms with Crippen molar-refractivity contribution in [3.8, 4) is 0 Å². The van der Waals surface area contributed by atoms with Gasteiger partial charge in [-0.2, -0.15) is 0 Å². The van der Waals surface area contributed by atoms with E-state index in [1.807, 2.05) is 0 Å². The summed E-state index contributed by atoms with van der Waals surface area (Å²) in [5.41, 5.74) is 0. The Bertz CT molecular complexity index is 966. The van der Waals surface area contributed by atoms with E-state index in [-0.39, 0.29) is 24.9 Å². The maximum atomic E-state index is 13.2. The Morgan fingerprint density at radius 3 is 1.21 bits per heavy atom. The largest absolute Gasteiger partial charge is 0.462 e. The molecule has 0 aromatic heterocycles. The van der Waals surface area contributed by atoms with E-state index in [1.165, 1.54) is 180 Å². The van der Waals surface area contributed by atoms with E-state index in [0.29, 0.717) is 19.3 Å². The molecule has 360 valence electrons. The van der Waals surface area contributed by atoms with Crippen LogP contribution in [0.1, 0.15) is 290 Å². The summed E-state index contributed by atoms with van der Waals surface area (Å²) < 4.78 is 5.93. The summed E-state index contributed by atoms with van der Waals surface area (Å²) in [7, 11) is 0. The SMILES string of the molecule is CCCCC/C=C\CCCCCC(CC(=O)NC(CO)C(O)CCCCCCCCCCCCCCC)OC(=O)CCCCCCCCCCC/C=C/CCCCCCCC. The second-order valence-electron chi connectivity index (χ2n) is 18.6. The van der Waals surface area contributed by atoms with Gasteiger partial charge in [-0.3, -0.25) is 9.59 Å². The molecule has 3 unspecified atom stereocenters. The third-order valence-corrected chi connectivity index (χ3v) is 12.5. The topological polar surface area (TPSA) is 95.9 Å². The van der Waals surface area contributed by atoms with Crippen molar-refractivity contribution >= 4 is 11.9 Å². The molecule has 0 aliphatic heterocycles. The minimum absolute atomic E-state index is 0.0700. The number of amides is 1. The van der Waals surface area contributed by atoms with Gasteiger partial charge < -0.3 is 20.3 Å². The Labute approximate surface area is 380 Å². The Morgan fingerprint density at radius 1 is 0.459 bits per heavy atom. The highest BCUT2D eigenvalue weighted by atomic mass is 16.5. The summed E-state index contributed by atoms with van der Waals surface area (Å²) in [6.45, 7) is 6.47. The van der Waals surface area contributed by atoms with Gasteiger partial charge in [-0.1, -0.05) is 225 Å². The van der Waals surface area contributed by atoms with Crippen LogP contribution in [0.25, 0.3) is 0 Å². The first kappa shape index (κ1) is 59.3. The van der Waals surface area contributed by atoms with Crippen molar-refractivity contribution in [2.75, 3.05) is 6.61 Å². The summed E-state index contributed by atoms with van der Waals surface area (Å²) in [5, 5.41) is 23.8.